The van der Waals surface area contributed by atoms with E-state index in [2.05, 4.69) is 0 Å². The maximum atomic E-state index is 11.6. The van der Waals surface area contributed by atoms with E-state index in [1.807, 2.05) is 0 Å². The van der Waals surface area contributed by atoms with Crippen molar-refractivity contribution in [2.75, 3.05) is 0 Å². The Labute approximate surface area is 61.4 Å². The van der Waals surface area contributed by atoms with Crippen LogP contribution in [0.25, 0.3) is 0 Å². The van der Waals surface area contributed by atoms with Gasteiger partial charge in [-0.1, -0.05) is 6.92 Å². The zero-order chi connectivity index (χ0) is 9.07. The van der Waals surface area contributed by atoms with Gasteiger partial charge in [0.05, 0.1) is 5.92 Å². The van der Waals surface area contributed by atoms with Crippen LogP contribution >= 0.6 is 0 Å². The molecule has 0 N–H and O–H groups in total. The lowest BCUT2D eigenvalue weighted by molar-refractivity contribution is -0.171. The van der Waals surface area contributed by atoms with Gasteiger partial charge in [-0.05, 0) is 6.42 Å². The van der Waals surface area contributed by atoms with Gasteiger partial charge in [-0.15, -0.1) is 0 Å². The van der Waals surface area contributed by atoms with Gasteiger partial charge in [-0.3, -0.25) is 0 Å². The van der Waals surface area contributed by atoms with Crippen molar-refractivity contribution in [2.45, 2.75) is 25.9 Å². The second-order valence-electron chi connectivity index (χ2n) is 2.32. The van der Waals surface area contributed by atoms with Crippen molar-refractivity contribution >= 4 is 0 Å². The molecule has 0 aromatic rings. The van der Waals surface area contributed by atoms with E-state index in [9.17, 15) is 22.0 Å². The lowest BCUT2D eigenvalue weighted by atomic mass is 10.1. The average Bonchev–Trinajstić information content (AvgIpc) is 1.80. The largest absolute Gasteiger partial charge is 0.391 e. The van der Waals surface area contributed by atoms with E-state index in [1.165, 1.54) is 0 Å². The predicted octanol–water partition coefficient (Wildman–Crippen LogP) is 3.39. The van der Waals surface area contributed by atoms with Crippen molar-refractivity contribution in [2.24, 2.45) is 5.92 Å². The van der Waals surface area contributed by atoms with E-state index < -0.39 is 31.4 Å². The lowest BCUT2D eigenvalue weighted by Gasteiger charge is -2.14. The maximum Gasteiger partial charge on any atom is 0.391 e. The van der Waals surface area contributed by atoms with Gasteiger partial charge in [0.15, 0.2) is 0 Å². The van der Waals surface area contributed by atoms with Gasteiger partial charge < -0.3 is 0 Å². The molecule has 0 saturated heterocycles. The molecule has 0 bridgehead atoms. The Balaban J connectivity index is 3.61. The van der Waals surface area contributed by atoms with Crippen molar-refractivity contribution in [1.82, 2.24) is 0 Å². The van der Waals surface area contributed by atoms with Crippen molar-refractivity contribution in [3.8, 4) is 0 Å². The highest BCUT2D eigenvalue weighted by Crippen LogP contribution is 2.30. The van der Waals surface area contributed by atoms with Gasteiger partial charge in [0.25, 0.3) is 0 Å². The zero-order valence-electron chi connectivity index (χ0n) is 5.88. The summed E-state index contributed by atoms with van der Waals surface area (Å²) < 4.78 is 57.6. The fraction of sp³-hybridized carbons (Fsp3) is 0.833. The first-order valence-electron chi connectivity index (χ1n) is 3.07. The molecule has 1 unspecified atom stereocenters. The Bertz CT molecular complexity index is 106. The first-order valence-corrected chi connectivity index (χ1v) is 3.07. The van der Waals surface area contributed by atoms with Crippen LogP contribution in [-0.4, -0.2) is 6.18 Å². The third-order valence-corrected chi connectivity index (χ3v) is 1.33. The molecule has 5 heteroatoms. The molecule has 0 aliphatic heterocycles. The molecule has 0 aromatic heterocycles. The molecule has 1 atom stereocenters. The van der Waals surface area contributed by atoms with Crippen molar-refractivity contribution in [3.05, 3.63) is 6.43 Å². The fourth-order valence-corrected chi connectivity index (χ4v) is 0.489. The van der Waals surface area contributed by atoms with Gasteiger partial charge in [0, 0.05) is 6.42 Å². The minimum atomic E-state index is -4.35. The second kappa shape index (κ2) is 3.88. The van der Waals surface area contributed by atoms with Crippen LogP contribution in [0.1, 0.15) is 19.8 Å². The summed E-state index contributed by atoms with van der Waals surface area (Å²) in [6.07, 6.45) is -7.59. The summed E-state index contributed by atoms with van der Waals surface area (Å²) >= 11 is 0. The highest BCUT2D eigenvalue weighted by atomic mass is 19.4. The monoisotopic (exact) mass is 175 g/mol. The molecule has 0 spiro atoms. The Morgan fingerprint density at radius 2 is 1.73 bits per heavy atom. The van der Waals surface area contributed by atoms with Crippen molar-refractivity contribution < 1.29 is 22.0 Å². The third kappa shape index (κ3) is 4.98. The van der Waals surface area contributed by atoms with Crippen molar-refractivity contribution in [3.63, 3.8) is 0 Å². The van der Waals surface area contributed by atoms with Crippen LogP contribution in [0.4, 0.5) is 22.0 Å². The van der Waals surface area contributed by atoms with Gasteiger partial charge in [-0.25, -0.2) is 0 Å². The van der Waals surface area contributed by atoms with Crippen LogP contribution < -0.4 is 0 Å². The minimum absolute atomic E-state index is 0.536. The molecule has 67 valence electrons. The van der Waals surface area contributed by atoms with E-state index in [0.29, 0.717) is 0 Å². The molecule has 0 aliphatic rings. The van der Waals surface area contributed by atoms with Crippen LogP contribution in [0, 0.1) is 12.3 Å². The van der Waals surface area contributed by atoms with Crippen LogP contribution in [-0.2, 0) is 0 Å². The standard InChI is InChI=1S/C6H8F5/c1-4(6(9,10)11)2-3-5(7)8/h4H,2-3H2,1H3. The summed E-state index contributed by atoms with van der Waals surface area (Å²) in [6.45, 7) is 0.892. The Kier molecular flexibility index (Phi) is 3.75. The zero-order valence-corrected chi connectivity index (χ0v) is 5.88. The number of halogens is 5. The summed E-state index contributed by atoms with van der Waals surface area (Å²) in [5, 5.41) is 0. The highest BCUT2D eigenvalue weighted by Gasteiger charge is 2.35. The molecule has 0 fully saturated rings. The van der Waals surface area contributed by atoms with E-state index in [0.717, 1.165) is 6.92 Å². The maximum absolute atomic E-state index is 11.6. The topological polar surface area (TPSA) is 0 Å². The van der Waals surface area contributed by atoms with E-state index >= 15 is 0 Å². The molecule has 11 heavy (non-hydrogen) atoms. The first kappa shape index (κ1) is 10.7. The van der Waals surface area contributed by atoms with Crippen LogP contribution in [0.5, 0.6) is 0 Å². The van der Waals surface area contributed by atoms with Gasteiger partial charge in [-0.2, -0.15) is 22.0 Å². The molecule has 0 aliphatic carbocycles. The third-order valence-electron chi connectivity index (χ3n) is 1.33. The lowest BCUT2D eigenvalue weighted by Crippen LogP contribution is -2.19. The average molecular weight is 175 g/mol. The summed E-state index contributed by atoms with van der Waals surface area (Å²) in [4.78, 5) is 0. The number of alkyl halides is 3. The molecule has 0 heterocycles. The molecule has 0 nitrogen and oxygen atoms in total. The number of rotatable bonds is 3. The van der Waals surface area contributed by atoms with Gasteiger partial charge >= 0.3 is 12.6 Å². The highest BCUT2D eigenvalue weighted by molar-refractivity contribution is 4.67. The molecule has 0 rings (SSSR count). The Morgan fingerprint density at radius 1 is 1.27 bits per heavy atom. The molecule has 0 saturated carbocycles. The summed E-state index contributed by atoms with van der Waals surface area (Å²) in [6, 6.07) is 0. The van der Waals surface area contributed by atoms with E-state index in [4.69, 9.17) is 0 Å². The van der Waals surface area contributed by atoms with Gasteiger partial charge in [0.1, 0.15) is 0 Å². The molecular formula is C6H8F5. The quantitative estimate of drug-likeness (QED) is 0.576. The van der Waals surface area contributed by atoms with Crippen LogP contribution in [0.15, 0.2) is 0 Å². The molecular weight excluding hydrogens is 167 g/mol. The molecule has 1 radical (unpaired) electrons. The normalized spacial score (nSPS) is 15.5. The van der Waals surface area contributed by atoms with Crippen molar-refractivity contribution in [1.29, 1.82) is 0 Å². The predicted molar refractivity (Wildman–Crippen MR) is 29.9 cm³/mol. The Morgan fingerprint density at radius 3 is 2.00 bits per heavy atom. The van der Waals surface area contributed by atoms with Crippen LogP contribution in [0.2, 0.25) is 0 Å². The van der Waals surface area contributed by atoms with E-state index in [-0.39, 0.29) is 0 Å². The smallest absolute Gasteiger partial charge is 0.200 e. The molecule has 0 amide bonds. The van der Waals surface area contributed by atoms with Gasteiger partial charge in [0.2, 0.25) is 0 Å². The van der Waals surface area contributed by atoms with E-state index in [1.54, 1.807) is 0 Å². The summed E-state index contributed by atoms with van der Waals surface area (Å²) in [5.74, 6) is -1.65. The Hall–Kier alpha value is -0.350. The first-order chi connectivity index (χ1) is 4.84. The fourth-order valence-electron chi connectivity index (χ4n) is 0.489. The van der Waals surface area contributed by atoms with Crippen LogP contribution in [0.3, 0.4) is 0 Å². The number of hydrogen-bond donors (Lipinski definition) is 0. The summed E-state index contributed by atoms with van der Waals surface area (Å²) in [7, 11) is 0. The number of hydrogen-bond acceptors (Lipinski definition) is 0. The molecule has 0 aromatic carbocycles. The SMILES string of the molecule is CC(CC[C](F)F)C(F)(F)F. The second-order valence-corrected chi connectivity index (χ2v) is 2.32. The minimum Gasteiger partial charge on any atom is -0.200 e. The summed E-state index contributed by atoms with van der Waals surface area (Å²) in [5.41, 5.74) is 0.